The maximum Gasteiger partial charge on any atom is 0.254 e. The number of nitrogens with one attached hydrogen (secondary N) is 2. The van der Waals surface area contributed by atoms with Gasteiger partial charge in [-0.2, -0.15) is 0 Å². The maximum absolute atomic E-state index is 12.5. The lowest BCUT2D eigenvalue weighted by Crippen LogP contribution is -2.41. The molecule has 1 amide bonds. The minimum atomic E-state index is 0.159. The lowest BCUT2D eigenvalue weighted by Gasteiger charge is -2.28. The number of H-pyrrole nitrogens is 1. The summed E-state index contributed by atoms with van der Waals surface area (Å²) in [6, 6.07) is 16.3. The lowest BCUT2D eigenvalue weighted by atomic mass is 9.99. The fourth-order valence-corrected chi connectivity index (χ4v) is 3.43. The Bertz CT molecular complexity index is 868. The Morgan fingerprint density at radius 1 is 1.08 bits per heavy atom. The van der Waals surface area contributed by atoms with Gasteiger partial charge >= 0.3 is 0 Å². The topological polar surface area (TPSA) is 48.1 Å². The zero-order valence-corrected chi connectivity index (χ0v) is 13.6. The van der Waals surface area contributed by atoms with Gasteiger partial charge < -0.3 is 15.2 Å². The molecule has 1 aromatic heterocycles. The Balaban J connectivity index is 1.34. The standard InChI is InChI=1S/C20H21N3O/c24-20-18-6-2-1-4-15(18)9-12-23(20)13-11-21-14-16-5-3-7-19-17(16)8-10-22-19/h1-8,10,21-22H,9,11-14H2. The van der Waals surface area contributed by atoms with Gasteiger partial charge in [-0.3, -0.25) is 4.79 Å². The quantitative estimate of drug-likeness (QED) is 0.710. The van der Waals surface area contributed by atoms with Crippen LogP contribution >= 0.6 is 0 Å². The van der Waals surface area contributed by atoms with Crippen LogP contribution in [0.5, 0.6) is 0 Å². The van der Waals surface area contributed by atoms with Crippen molar-refractivity contribution in [3.8, 4) is 0 Å². The monoisotopic (exact) mass is 319 g/mol. The molecule has 0 unspecified atom stereocenters. The fraction of sp³-hybridized carbons (Fsp3) is 0.250. The van der Waals surface area contributed by atoms with E-state index in [0.29, 0.717) is 0 Å². The number of aromatic nitrogens is 1. The van der Waals surface area contributed by atoms with Crippen LogP contribution in [0.25, 0.3) is 10.9 Å². The number of benzene rings is 2. The van der Waals surface area contributed by atoms with Gasteiger partial charge in [0, 0.05) is 48.8 Å². The van der Waals surface area contributed by atoms with E-state index >= 15 is 0 Å². The SMILES string of the molecule is O=C1c2ccccc2CCN1CCNCc1cccc2[nH]ccc12. The van der Waals surface area contributed by atoms with Crippen LogP contribution in [0.1, 0.15) is 21.5 Å². The number of amides is 1. The first kappa shape index (κ1) is 15.0. The molecule has 2 aromatic carbocycles. The van der Waals surface area contributed by atoms with Gasteiger partial charge in [-0.25, -0.2) is 0 Å². The highest BCUT2D eigenvalue weighted by Gasteiger charge is 2.22. The highest BCUT2D eigenvalue weighted by molar-refractivity contribution is 5.96. The highest BCUT2D eigenvalue weighted by atomic mass is 16.2. The number of carbonyl (C=O) groups is 1. The van der Waals surface area contributed by atoms with Gasteiger partial charge in [0.2, 0.25) is 0 Å². The van der Waals surface area contributed by atoms with E-state index in [9.17, 15) is 4.79 Å². The van der Waals surface area contributed by atoms with Gasteiger partial charge in [-0.1, -0.05) is 30.3 Å². The molecule has 0 radical (unpaired) electrons. The molecule has 1 aliphatic rings. The molecule has 4 heteroatoms. The zero-order valence-electron chi connectivity index (χ0n) is 13.6. The molecule has 0 atom stereocenters. The first-order chi connectivity index (χ1) is 11.8. The van der Waals surface area contributed by atoms with E-state index < -0.39 is 0 Å². The van der Waals surface area contributed by atoms with E-state index in [1.807, 2.05) is 29.3 Å². The van der Waals surface area contributed by atoms with Crippen molar-refractivity contribution >= 4 is 16.8 Å². The number of aromatic amines is 1. The molecular formula is C20H21N3O. The van der Waals surface area contributed by atoms with E-state index in [1.54, 1.807) is 0 Å². The van der Waals surface area contributed by atoms with E-state index in [2.05, 4.69) is 40.6 Å². The lowest BCUT2D eigenvalue weighted by molar-refractivity contribution is 0.0741. The summed E-state index contributed by atoms with van der Waals surface area (Å²) in [6.07, 6.45) is 2.92. The van der Waals surface area contributed by atoms with Crippen LogP contribution in [0.4, 0.5) is 0 Å². The van der Waals surface area contributed by atoms with Crippen molar-refractivity contribution in [3.63, 3.8) is 0 Å². The van der Waals surface area contributed by atoms with Crippen molar-refractivity contribution < 1.29 is 4.79 Å². The summed E-state index contributed by atoms with van der Waals surface area (Å²) < 4.78 is 0. The predicted molar refractivity (Wildman–Crippen MR) is 96.1 cm³/mol. The van der Waals surface area contributed by atoms with Crippen molar-refractivity contribution in [1.82, 2.24) is 15.2 Å². The van der Waals surface area contributed by atoms with Crippen molar-refractivity contribution in [2.45, 2.75) is 13.0 Å². The summed E-state index contributed by atoms with van der Waals surface area (Å²) in [7, 11) is 0. The number of carbonyl (C=O) groups excluding carboxylic acids is 1. The van der Waals surface area contributed by atoms with Crippen molar-refractivity contribution in [2.24, 2.45) is 0 Å². The van der Waals surface area contributed by atoms with Crippen LogP contribution < -0.4 is 5.32 Å². The Morgan fingerprint density at radius 2 is 2.00 bits per heavy atom. The molecule has 2 N–H and O–H groups in total. The summed E-state index contributed by atoms with van der Waals surface area (Å²) in [5.41, 5.74) is 4.48. The van der Waals surface area contributed by atoms with Gasteiger partial charge in [0.1, 0.15) is 0 Å². The molecule has 4 rings (SSSR count). The third kappa shape index (κ3) is 2.81. The number of nitrogens with zero attached hydrogens (tertiary/aromatic N) is 1. The summed E-state index contributed by atoms with van der Waals surface area (Å²) in [5, 5.41) is 4.73. The van der Waals surface area contributed by atoms with Crippen LogP contribution in [0.2, 0.25) is 0 Å². The Hall–Kier alpha value is -2.59. The fourth-order valence-electron chi connectivity index (χ4n) is 3.43. The van der Waals surface area contributed by atoms with E-state index in [1.165, 1.54) is 16.5 Å². The van der Waals surface area contributed by atoms with Crippen molar-refractivity contribution in [3.05, 3.63) is 71.4 Å². The average Bonchev–Trinajstić information content (AvgIpc) is 3.10. The summed E-state index contributed by atoms with van der Waals surface area (Å²) in [6.45, 7) is 3.17. The Kier molecular flexibility index (Phi) is 4.05. The molecular weight excluding hydrogens is 298 g/mol. The average molecular weight is 319 g/mol. The third-order valence-corrected chi connectivity index (χ3v) is 4.75. The van der Waals surface area contributed by atoms with Crippen LogP contribution in [0.3, 0.4) is 0 Å². The van der Waals surface area contributed by atoms with Crippen molar-refractivity contribution in [2.75, 3.05) is 19.6 Å². The van der Waals surface area contributed by atoms with E-state index in [-0.39, 0.29) is 5.91 Å². The summed E-state index contributed by atoms with van der Waals surface area (Å²) in [4.78, 5) is 17.7. The molecule has 4 nitrogen and oxygen atoms in total. The molecule has 1 aliphatic heterocycles. The van der Waals surface area contributed by atoms with E-state index in [4.69, 9.17) is 0 Å². The molecule has 0 bridgehead atoms. The second-order valence-corrected chi connectivity index (χ2v) is 6.23. The van der Waals surface area contributed by atoms with Gasteiger partial charge in [0.15, 0.2) is 0 Å². The smallest absolute Gasteiger partial charge is 0.254 e. The molecule has 122 valence electrons. The molecule has 2 heterocycles. The van der Waals surface area contributed by atoms with Gasteiger partial charge in [-0.05, 0) is 35.7 Å². The molecule has 3 aromatic rings. The molecule has 0 spiro atoms. The number of hydrogen-bond acceptors (Lipinski definition) is 2. The van der Waals surface area contributed by atoms with Crippen LogP contribution in [0.15, 0.2) is 54.7 Å². The van der Waals surface area contributed by atoms with Gasteiger partial charge in [0.25, 0.3) is 5.91 Å². The largest absolute Gasteiger partial charge is 0.361 e. The second-order valence-electron chi connectivity index (χ2n) is 6.23. The Morgan fingerprint density at radius 3 is 2.96 bits per heavy atom. The summed E-state index contributed by atoms with van der Waals surface area (Å²) >= 11 is 0. The molecule has 0 fully saturated rings. The summed E-state index contributed by atoms with van der Waals surface area (Å²) in [5.74, 6) is 0.159. The molecule has 0 aliphatic carbocycles. The Labute approximate surface area is 141 Å². The molecule has 0 saturated heterocycles. The number of rotatable bonds is 5. The highest BCUT2D eigenvalue weighted by Crippen LogP contribution is 2.19. The maximum atomic E-state index is 12.5. The predicted octanol–water partition coefficient (Wildman–Crippen LogP) is 2.96. The van der Waals surface area contributed by atoms with E-state index in [0.717, 1.165) is 43.7 Å². The van der Waals surface area contributed by atoms with Crippen LogP contribution in [0, 0.1) is 0 Å². The van der Waals surface area contributed by atoms with Crippen molar-refractivity contribution in [1.29, 1.82) is 0 Å². The van der Waals surface area contributed by atoms with Gasteiger partial charge in [-0.15, -0.1) is 0 Å². The normalized spacial score (nSPS) is 14.2. The number of hydrogen-bond donors (Lipinski definition) is 2. The van der Waals surface area contributed by atoms with Crippen LogP contribution in [-0.2, 0) is 13.0 Å². The minimum absolute atomic E-state index is 0.159. The van der Waals surface area contributed by atoms with Crippen LogP contribution in [-0.4, -0.2) is 35.4 Å². The minimum Gasteiger partial charge on any atom is -0.361 e. The first-order valence-corrected chi connectivity index (χ1v) is 8.46. The molecule has 24 heavy (non-hydrogen) atoms. The van der Waals surface area contributed by atoms with Gasteiger partial charge in [0.05, 0.1) is 0 Å². The second kappa shape index (κ2) is 6.49. The zero-order chi connectivity index (χ0) is 16.4. The number of fused-ring (bicyclic) bond motifs is 2. The first-order valence-electron chi connectivity index (χ1n) is 8.46. The molecule has 0 saturated carbocycles. The third-order valence-electron chi connectivity index (χ3n) is 4.75.